The van der Waals surface area contributed by atoms with Crippen LogP contribution in [0.3, 0.4) is 0 Å². The normalized spacial score (nSPS) is 11.5. The molecule has 3 aromatic rings. The second kappa shape index (κ2) is 12.4. The molecule has 0 radical (unpaired) electrons. The molecule has 2 aromatic carbocycles. The number of benzene rings is 2. The van der Waals surface area contributed by atoms with Crippen LogP contribution in [-0.4, -0.2) is 36.8 Å². The summed E-state index contributed by atoms with van der Waals surface area (Å²) in [6.07, 6.45) is 4.59. The maximum atomic E-state index is 11.7. The molecule has 0 unspecified atom stereocenters. The second-order valence-corrected chi connectivity index (χ2v) is 7.34. The maximum absolute atomic E-state index is 11.7. The minimum Gasteiger partial charge on any atom is -0.494 e. The number of rotatable bonds is 11. The molecule has 0 saturated heterocycles. The van der Waals surface area contributed by atoms with Gasteiger partial charge in [0.15, 0.2) is 5.96 Å². The molecule has 0 bridgehead atoms. The molecule has 0 saturated carbocycles. The fourth-order valence-electron chi connectivity index (χ4n) is 3.30. The molecule has 0 amide bonds. The minimum atomic E-state index is 0.0521. The van der Waals surface area contributed by atoms with Gasteiger partial charge >= 0.3 is 0 Å². The van der Waals surface area contributed by atoms with Crippen molar-refractivity contribution in [3.05, 3.63) is 77.2 Å². The van der Waals surface area contributed by atoms with Crippen molar-refractivity contribution in [2.45, 2.75) is 32.7 Å². The number of unbranched alkanes of at least 4 members (excludes halogenated alkanes) is 1. The molecule has 2 N–H and O–H groups in total. The van der Waals surface area contributed by atoms with Crippen LogP contribution in [0.4, 0.5) is 0 Å². The van der Waals surface area contributed by atoms with Gasteiger partial charge in [0.05, 0.1) is 6.61 Å². The summed E-state index contributed by atoms with van der Waals surface area (Å²) < 4.78 is 7.63. The van der Waals surface area contributed by atoms with Crippen molar-refractivity contribution in [3.8, 4) is 5.75 Å². The van der Waals surface area contributed by atoms with Gasteiger partial charge in [0.2, 0.25) is 5.56 Å². The number of fused-ring (bicyclic) bond motifs is 1. The Kier molecular flexibility index (Phi) is 8.98. The molecule has 164 valence electrons. The Balaban J connectivity index is 1.34. The van der Waals surface area contributed by atoms with Crippen molar-refractivity contribution < 1.29 is 4.74 Å². The largest absolute Gasteiger partial charge is 0.494 e. The molecular weight excluding hydrogens is 388 g/mol. The quantitative estimate of drug-likeness (QED) is 0.281. The molecule has 31 heavy (non-hydrogen) atoms. The SMILES string of the molecule is CCNC(=NCCCOc1ccc2ccccc2c1)NCCCCn1ccccc1=O. The summed E-state index contributed by atoms with van der Waals surface area (Å²) in [7, 11) is 0. The highest BCUT2D eigenvalue weighted by Crippen LogP contribution is 2.20. The van der Waals surface area contributed by atoms with E-state index in [1.807, 2.05) is 30.5 Å². The van der Waals surface area contributed by atoms with Gasteiger partial charge in [-0.2, -0.15) is 0 Å². The number of aromatic nitrogens is 1. The molecule has 1 aromatic heterocycles. The number of nitrogens with zero attached hydrogens (tertiary/aromatic N) is 2. The highest BCUT2D eigenvalue weighted by Gasteiger charge is 2.00. The number of aryl methyl sites for hydroxylation is 1. The molecular formula is C25H32N4O2. The Morgan fingerprint density at radius 1 is 0.968 bits per heavy atom. The molecule has 0 atom stereocenters. The van der Waals surface area contributed by atoms with E-state index in [4.69, 9.17) is 4.74 Å². The van der Waals surface area contributed by atoms with Crippen LogP contribution < -0.4 is 20.9 Å². The smallest absolute Gasteiger partial charge is 0.250 e. The topological polar surface area (TPSA) is 67.7 Å². The zero-order valence-electron chi connectivity index (χ0n) is 18.2. The molecule has 0 spiro atoms. The third-order valence-electron chi connectivity index (χ3n) is 4.92. The van der Waals surface area contributed by atoms with Gasteiger partial charge in [-0.3, -0.25) is 9.79 Å². The van der Waals surface area contributed by atoms with Crippen LogP contribution in [0.2, 0.25) is 0 Å². The monoisotopic (exact) mass is 420 g/mol. The van der Waals surface area contributed by atoms with Crippen LogP contribution >= 0.6 is 0 Å². The van der Waals surface area contributed by atoms with E-state index in [0.29, 0.717) is 13.2 Å². The van der Waals surface area contributed by atoms with Crippen molar-refractivity contribution in [2.24, 2.45) is 4.99 Å². The Bertz CT molecular complexity index is 1030. The van der Waals surface area contributed by atoms with Crippen LogP contribution in [0.1, 0.15) is 26.2 Å². The maximum Gasteiger partial charge on any atom is 0.250 e. The summed E-state index contributed by atoms with van der Waals surface area (Å²) in [5.41, 5.74) is 0.0521. The van der Waals surface area contributed by atoms with Crippen LogP contribution in [0.5, 0.6) is 5.75 Å². The van der Waals surface area contributed by atoms with E-state index >= 15 is 0 Å². The Hall–Kier alpha value is -3.28. The predicted molar refractivity (Wildman–Crippen MR) is 128 cm³/mol. The number of hydrogen-bond acceptors (Lipinski definition) is 3. The zero-order chi connectivity index (χ0) is 21.7. The van der Waals surface area contributed by atoms with Gasteiger partial charge < -0.3 is 19.9 Å². The van der Waals surface area contributed by atoms with Gasteiger partial charge in [-0.25, -0.2) is 0 Å². The van der Waals surface area contributed by atoms with E-state index in [2.05, 4.69) is 46.8 Å². The van der Waals surface area contributed by atoms with Gasteiger partial charge in [-0.1, -0.05) is 36.4 Å². The minimum absolute atomic E-state index is 0.0521. The van der Waals surface area contributed by atoms with Crippen LogP contribution in [0.15, 0.2) is 76.6 Å². The van der Waals surface area contributed by atoms with E-state index in [0.717, 1.165) is 50.6 Å². The summed E-state index contributed by atoms with van der Waals surface area (Å²) in [5.74, 6) is 1.72. The van der Waals surface area contributed by atoms with Crippen LogP contribution in [0.25, 0.3) is 10.8 Å². The third-order valence-corrected chi connectivity index (χ3v) is 4.92. The van der Waals surface area contributed by atoms with E-state index in [9.17, 15) is 4.79 Å². The average Bonchev–Trinajstić information content (AvgIpc) is 2.79. The zero-order valence-corrected chi connectivity index (χ0v) is 18.2. The molecule has 1 heterocycles. The first-order valence-electron chi connectivity index (χ1n) is 11.1. The molecule has 0 aliphatic rings. The first kappa shape index (κ1) is 22.4. The summed E-state index contributed by atoms with van der Waals surface area (Å²) in [4.78, 5) is 16.3. The lowest BCUT2D eigenvalue weighted by atomic mass is 10.1. The van der Waals surface area contributed by atoms with Crippen LogP contribution in [-0.2, 0) is 6.54 Å². The van der Waals surface area contributed by atoms with Crippen molar-refractivity contribution in [1.82, 2.24) is 15.2 Å². The van der Waals surface area contributed by atoms with Gasteiger partial charge in [-0.05, 0) is 48.7 Å². The standard InChI is InChI=1S/C25H32N4O2/c1-2-26-25(27-15-6-8-18-29-17-7-5-12-24(29)30)28-16-9-19-31-23-14-13-21-10-3-4-11-22(21)20-23/h3-5,7,10-14,17,20H,2,6,8-9,15-16,18-19H2,1H3,(H2,26,27,28). The molecule has 6 nitrogen and oxygen atoms in total. The van der Waals surface area contributed by atoms with Crippen molar-refractivity contribution >= 4 is 16.7 Å². The summed E-state index contributed by atoms with van der Waals surface area (Å²) in [6, 6.07) is 19.7. The van der Waals surface area contributed by atoms with Gasteiger partial charge in [0.1, 0.15) is 5.75 Å². The molecule has 0 aliphatic heterocycles. The van der Waals surface area contributed by atoms with Crippen molar-refractivity contribution in [2.75, 3.05) is 26.2 Å². The molecule has 0 aliphatic carbocycles. The predicted octanol–water partition coefficient (Wildman–Crippen LogP) is 3.81. The van der Waals surface area contributed by atoms with E-state index in [-0.39, 0.29) is 5.56 Å². The number of aliphatic imine (C=N–C) groups is 1. The van der Waals surface area contributed by atoms with Crippen LogP contribution in [0, 0.1) is 0 Å². The number of pyridine rings is 1. The molecule has 3 rings (SSSR count). The molecule has 6 heteroatoms. The van der Waals surface area contributed by atoms with Crippen molar-refractivity contribution in [3.63, 3.8) is 0 Å². The van der Waals surface area contributed by atoms with E-state index < -0.39 is 0 Å². The number of ether oxygens (including phenoxy) is 1. The number of guanidine groups is 1. The molecule has 0 fully saturated rings. The summed E-state index contributed by atoms with van der Waals surface area (Å²) in [6.45, 7) is 5.76. The highest BCUT2D eigenvalue weighted by atomic mass is 16.5. The summed E-state index contributed by atoms with van der Waals surface area (Å²) in [5, 5.41) is 9.04. The van der Waals surface area contributed by atoms with Gasteiger partial charge in [-0.15, -0.1) is 0 Å². The number of nitrogens with one attached hydrogen (secondary N) is 2. The average molecular weight is 421 g/mol. The van der Waals surface area contributed by atoms with E-state index in [1.54, 1.807) is 16.7 Å². The first-order valence-corrected chi connectivity index (χ1v) is 11.1. The Morgan fingerprint density at radius 2 is 1.81 bits per heavy atom. The van der Waals surface area contributed by atoms with Gasteiger partial charge in [0, 0.05) is 44.9 Å². The lowest BCUT2D eigenvalue weighted by Gasteiger charge is -2.12. The van der Waals surface area contributed by atoms with E-state index in [1.165, 1.54) is 10.8 Å². The van der Waals surface area contributed by atoms with Crippen molar-refractivity contribution in [1.29, 1.82) is 0 Å². The fraction of sp³-hybridized carbons (Fsp3) is 0.360. The third kappa shape index (κ3) is 7.48. The second-order valence-electron chi connectivity index (χ2n) is 7.34. The van der Waals surface area contributed by atoms with Gasteiger partial charge in [0.25, 0.3) is 0 Å². The number of hydrogen-bond donors (Lipinski definition) is 2. The lowest BCUT2D eigenvalue weighted by Crippen LogP contribution is -2.38. The summed E-state index contributed by atoms with van der Waals surface area (Å²) >= 11 is 0. The Morgan fingerprint density at radius 3 is 2.65 bits per heavy atom. The highest BCUT2D eigenvalue weighted by molar-refractivity contribution is 5.83. The first-order chi connectivity index (χ1) is 15.3. The Labute approximate surface area is 184 Å². The lowest BCUT2D eigenvalue weighted by molar-refractivity contribution is 0.314. The fourth-order valence-corrected chi connectivity index (χ4v) is 3.30.